The largest absolute Gasteiger partial charge is 0.282 e. The summed E-state index contributed by atoms with van der Waals surface area (Å²) in [4.78, 5) is 30.6. The predicted molar refractivity (Wildman–Crippen MR) is 113 cm³/mol. The standard InChI is InChI=1S/C25H16N2O2/c28-24-19-12-4-3-11-18(19)23-26(21-15-7-9-16-8-1-2-10-17(16)21)25(29)20-13-5-6-14-22(20)27(23)24/h1-15,23H/t23-/m1/s1. The van der Waals surface area contributed by atoms with Gasteiger partial charge in [-0.15, -0.1) is 0 Å². The quantitative estimate of drug-likeness (QED) is 0.460. The lowest BCUT2D eigenvalue weighted by Crippen LogP contribution is -2.48. The normalized spacial score (nSPS) is 17.3. The zero-order valence-electron chi connectivity index (χ0n) is 15.4. The molecule has 0 spiro atoms. The predicted octanol–water partition coefficient (Wildman–Crippen LogP) is 5.16. The van der Waals surface area contributed by atoms with Crippen LogP contribution in [0.3, 0.4) is 0 Å². The Balaban J connectivity index is 1.68. The van der Waals surface area contributed by atoms with Gasteiger partial charge >= 0.3 is 0 Å². The van der Waals surface area contributed by atoms with E-state index in [4.69, 9.17) is 0 Å². The van der Waals surface area contributed by atoms with Gasteiger partial charge < -0.3 is 0 Å². The van der Waals surface area contributed by atoms with Gasteiger partial charge in [0.2, 0.25) is 0 Å². The van der Waals surface area contributed by atoms with Crippen LogP contribution in [-0.2, 0) is 0 Å². The molecule has 2 amide bonds. The number of nitrogens with zero attached hydrogens (tertiary/aromatic N) is 2. The average molecular weight is 376 g/mol. The Bertz CT molecular complexity index is 1320. The first-order chi connectivity index (χ1) is 14.3. The molecule has 29 heavy (non-hydrogen) atoms. The second kappa shape index (κ2) is 5.79. The Morgan fingerprint density at radius 1 is 0.552 bits per heavy atom. The molecule has 2 heterocycles. The molecule has 4 heteroatoms. The van der Waals surface area contributed by atoms with Crippen LogP contribution in [0.25, 0.3) is 10.8 Å². The minimum absolute atomic E-state index is 0.0733. The molecule has 6 rings (SSSR count). The molecule has 0 aliphatic carbocycles. The van der Waals surface area contributed by atoms with Gasteiger partial charge in [-0.05, 0) is 29.7 Å². The highest BCUT2D eigenvalue weighted by Gasteiger charge is 2.48. The minimum Gasteiger partial charge on any atom is -0.282 e. The van der Waals surface area contributed by atoms with Crippen molar-refractivity contribution in [2.75, 3.05) is 9.80 Å². The third-order valence-electron chi connectivity index (χ3n) is 5.82. The van der Waals surface area contributed by atoms with Gasteiger partial charge in [0.25, 0.3) is 11.8 Å². The topological polar surface area (TPSA) is 40.6 Å². The molecular formula is C25H16N2O2. The molecule has 0 fully saturated rings. The van der Waals surface area contributed by atoms with Gasteiger partial charge in [-0.1, -0.05) is 66.7 Å². The molecule has 2 aliphatic heterocycles. The summed E-state index contributed by atoms with van der Waals surface area (Å²) in [5.74, 6) is -0.168. The SMILES string of the molecule is O=C1c2ccccc2[C@H]2N1c1ccccc1C(=O)N2c1cccc2ccccc12. The lowest BCUT2D eigenvalue weighted by molar-refractivity contribution is 0.0949. The highest BCUT2D eigenvalue weighted by molar-refractivity contribution is 6.22. The van der Waals surface area contributed by atoms with Crippen LogP contribution in [-0.4, -0.2) is 11.8 Å². The number of hydrogen-bond donors (Lipinski definition) is 0. The Morgan fingerprint density at radius 2 is 1.14 bits per heavy atom. The fraction of sp³-hybridized carbons (Fsp3) is 0.0400. The smallest absolute Gasteiger partial charge is 0.262 e. The number of benzene rings is 4. The average Bonchev–Trinajstić information content (AvgIpc) is 3.07. The molecule has 0 saturated heterocycles. The molecule has 138 valence electrons. The van der Waals surface area contributed by atoms with E-state index in [0.717, 1.165) is 22.0 Å². The lowest BCUT2D eigenvalue weighted by Gasteiger charge is -2.41. The summed E-state index contributed by atoms with van der Waals surface area (Å²) in [5.41, 5.74) is 3.51. The van der Waals surface area contributed by atoms with Crippen LogP contribution in [0.2, 0.25) is 0 Å². The van der Waals surface area contributed by atoms with Crippen molar-refractivity contribution in [3.8, 4) is 0 Å². The van der Waals surface area contributed by atoms with Gasteiger partial charge in [0.15, 0.2) is 0 Å². The number of fused-ring (bicyclic) bond motifs is 6. The van der Waals surface area contributed by atoms with Crippen LogP contribution in [0, 0.1) is 0 Å². The van der Waals surface area contributed by atoms with Crippen LogP contribution in [0.4, 0.5) is 11.4 Å². The third kappa shape index (κ3) is 2.08. The molecule has 4 nitrogen and oxygen atoms in total. The van der Waals surface area contributed by atoms with Crippen molar-refractivity contribution in [1.82, 2.24) is 0 Å². The van der Waals surface area contributed by atoms with Gasteiger partial charge in [-0.3, -0.25) is 19.4 Å². The Morgan fingerprint density at radius 3 is 2.03 bits per heavy atom. The van der Waals surface area contributed by atoms with Crippen molar-refractivity contribution < 1.29 is 9.59 Å². The van der Waals surface area contributed by atoms with E-state index in [9.17, 15) is 9.59 Å². The summed E-state index contributed by atoms with van der Waals surface area (Å²) in [7, 11) is 0. The van der Waals surface area contributed by atoms with Crippen molar-refractivity contribution in [3.63, 3.8) is 0 Å². The molecule has 0 N–H and O–H groups in total. The molecule has 0 unspecified atom stereocenters. The maximum atomic E-state index is 13.7. The molecule has 0 bridgehead atoms. The Hall–Kier alpha value is -3.92. The number of carbonyl (C=O) groups excluding carboxylic acids is 2. The lowest BCUT2D eigenvalue weighted by atomic mass is 10.0. The summed E-state index contributed by atoms with van der Waals surface area (Å²) in [6.45, 7) is 0. The summed E-state index contributed by atoms with van der Waals surface area (Å²) in [6, 6.07) is 28.9. The number of hydrogen-bond acceptors (Lipinski definition) is 2. The van der Waals surface area contributed by atoms with Gasteiger partial charge in [0.1, 0.15) is 6.17 Å². The third-order valence-corrected chi connectivity index (χ3v) is 5.82. The van der Waals surface area contributed by atoms with E-state index in [1.54, 1.807) is 15.9 Å². The number of anilines is 2. The number of para-hydroxylation sites is 1. The fourth-order valence-electron chi connectivity index (χ4n) is 4.56. The van der Waals surface area contributed by atoms with Crippen molar-refractivity contribution >= 4 is 34.0 Å². The molecule has 0 radical (unpaired) electrons. The number of amides is 2. The molecule has 4 aromatic carbocycles. The number of rotatable bonds is 1. The molecule has 0 saturated carbocycles. The van der Waals surface area contributed by atoms with E-state index in [-0.39, 0.29) is 11.8 Å². The van der Waals surface area contributed by atoms with Crippen LogP contribution >= 0.6 is 0 Å². The van der Waals surface area contributed by atoms with Gasteiger partial charge in [-0.2, -0.15) is 0 Å². The van der Waals surface area contributed by atoms with Gasteiger partial charge in [0.05, 0.1) is 16.9 Å². The summed E-state index contributed by atoms with van der Waals surface area (Å²) in [6.07, 6.45) is -0.494. The maximum Gasteiger partial charge on any atom is 0.262 e. The van der Waals surface area contributed by atoms with Crippen LogP contribution in [0.5, 0.6) is 0 Å². The van der Waals surface area contributed by atoms with Crippen LogP contribution in [0.15, 0.2) is 91.0 Å². The van der Waals surface area contributed by atoms with E-state index >= 15 is 0 Å². The van der Waals surface area contributed by atoms with Crippen LogP contribution in [0.1, 0.15) is 32.4 Å². The van der Waals surface area contributed by atoms with Gasteiger partial charge in [-0.25, -0.2) is 0 Å². The maximum absolute atomic E-state index is 13.7. The van der Waals surface area contributed by atoms with Crippen LogP contribution < -0.4 is 9.80 Å². The Labute approximate surface area is 167 Å². The zero-order chi connectivity index (χ0) is 19.5. The summed E-state index contributed by atoms with van der Waals surface area (Å²) < 4.78 is 0. The van der Waals surface area contributed by atoms with Crippen molar-refractivity contribution in [2.45, 2.75) is 6.17 Å². The number of carbonyl (C=O) groups is 2. The first-order valence-corrected chi connectivity index (χ1v) is 9.58. The summed E-state index contributed by atoms with van der Waals surface area (Å²) >= 11 is 0. The second-order valence-electron chi connectivity index (χ2n) is 7.33. The second-order valence-corrected chi connectivity index (χ2v) is 7.33. The molecule has 0 aromatic heterocycles. The van der Waals surface area contributed by atoms with E-state index in [0.29, 0.717) is 16.8 Å². The first kappa shape index (κ1) is 16.1. The molecular weight excluding hydrogens is 360 g/mol. The van der Waals surface area contributed by atoms with E-state index in [2.05, 4.69) is 0 Å². The summed E-state index contributed by atoms with van der Waals surface area (Å²) in [5, 5.41) is 2.04. The first-order valence-electron chi connectivity index (χ1n) is 9.58. The molecule has 4 aromatic rings. The van der Waals surface area contributed by atoms with Crippen molar-refractivity contribution in [2.24, 2.45) is 0 Å². The highest BCUT2D eigenvalue weighted by Crippen LogP contribution is 2.47. The minimum atomic E-state index is -0.494. The monoisotopic (exact) mass is 376 g/mol. The zero-order valence-corrected chi connectivity index (χ0v) is 15.4. The van der Waals surface area contributed by atoms with E-state index in [1.807, 2.05) is 84.9 Å². The molecule has 1 atom stereocenters. The van der Waals surface area contributed by atoms with E-state index in [1.165, 1.54) is 0 Å². The highest BCUT2D eigenvalue weighted by atomic mass is 16.2. The van der Waals surface area contributed by atoms with Crippen molar-refractivity contribution in [3.05, 3.63) is 108 Å². The van der Waals surface area contributed by atoms with E-state index < -0.39 is 6.17 Å². The Kier molecular flexibility index (Phi) is 3.21. The fourth-order valence-corrected chi connectivity index (χ4v) is 4.56. The van der Waals surface area contributed by atoms with Gasteiger partial charge in [0, 0.05) is 16.5 Å². The van der Waals surface area contributed by atoms with Crippen molar-refractivity contribution in [1.29, 1.82) is 0 Å². The molecule has 2 aliphatic rings.